The van der Waals surface area contributed by atoms with Crippen LogP contribution < -0.4 is 10.2 Å². The minimum Gasteiger partial charge on any atom is -0.341 e. The fraction of sp³-hybridized carbons (Fsp3) is 0.450. The number of hydrogen-bond acceptors (Lipinski definition) is 5. The lowest BCUT2D eigenvalue weighted by atomic mass is 10.2. The zero-order valence-corrected chi connectivity index (χ0v) is 16.0. The van der Waals surface area contributed by atoms with Gasteiger partial charge < -0.3 is 10.2 Å². The van der Waals surface area contributed by atoms with Crippen LogP contribution >= 0.6 is 11.6 Å². The summed E-state index contributed by atoms with van der Waals surface area (Å²) in [7, 11) is 0. The molecule has 5 rings (SSSR count). The second kappa shape index (κ2) is 7.00. The molecule has 7 heteroatoms. The van der Waals surface area contributed by atoms with E-state index in [0.29, 0.717) is 10.9 Å². The van der Waals surface area contributed by atoms with Gasteiger partial charge in [-0.15, -0.1) is 0 Å². The van der Waals surface area contributed by atoms with E-state index in [4.69, 9.17) is 21.6 Å². The summed E-state index contributed by atoms with van der Waals surface area (Å²) in [4.78, 5) is 12.0. The van der Waals surface area contributed by atoms with Gasteiger partial charge in [0.2, 0.25) is 5.95 Å². The van der Waals surface area contributed by atoms with E-state index in [-0.39, 0.29) is 0 Å². The topological polar surface area (TPSA) is 69.7 Å². The maximum atomic E-state index is 6.24. The number of hydrogen-bond donors (Lipinski definition) is 2. The molecule has 1 aliphatic carbocycles. The number of H-pyrrole nitrogens is 1. The molecule has 0 radical (unpaired) electrons. The molecule has 3 aromatic rings. The molecule has 1 saturated heterocycles. The molecular formula is C20H23ClN6. The first-order chi connectivity index (χ1) is 13.3. The van der Waals surface area contributed by atoms with Gasteiger partial charge in [-0.05, 0) is 43.9 Å². The summed E-state index contributed by atoms with van der Waals surface area (Å²) in [6, 6.07) is 7.85. The molecule has 3 heterocycles. The van der Waals surface area contributed by atoms with E-state index in [9.17, 15) is 0 Å². The van der Waals surface area contributed by atoms with Crippen LogP contribution in [0.1, 0.15) is 50.1 Å². The van der Waals surface area contributed by atoms with Crippen LogP contribution in [0.5, 0.6) is 0 Å². The summed E-state index contributed by atoms with van der Waals surface area (Å²) in [6.45, 7) is 2.01. The van der Waals surface area contributed by atoms with E-state index < -0.39 is 0 Å². The molecule has 1 aromatic carbocycles. The Morgan fingerprint density at radius 3 is 2.63 bits per heavy atom. The molecule has 6 nitrogen and oxygen atoms in total. The predicted molar refractivity (Wildman–Crippen MR) is 109 cm³/mol. The third kappa shape index (κ3) is 3.58. The molecule has 140 valence electrons. The Hall–Kier alpha value is -2.34. The van der Waals surface area contributed by atoms with Crippen LogP contribution in [-0.2, 0) is 0 Å². The largest absolute Gasteiger partial charge is 0.341 e. The molecule has 2 aromatic heterocycles. The Bertz CT molecular complexity index is 956. The molecule has 2 fully saturated rings. The first-order valence-corrected chi connectivity index (χ1v) is 10.2. The van der Waals surface area contributed by atoms with Crippen LogP contribution in [0.25, 0.3) is 10.9 Å². The zero-order chi connectivity index (χ0) is 18.2. The van der Waals surface area contributed by atoms with Crippen molar-refractivity contribution >= 4 is 40.1 Å². The van der Waals surface area contributed by atoms with Crippen molar-refractivity contribution in [1.29, 1.82) is 0 Å². The van der Waals surface area contributed by atoms with Gasteiger partial charge in [0.05, 0.1) is 5.52 Å². The molecule has 1 saturated carbocycles. The van der Waals surface area contributed by atoms with Gasteiger partial charge in [0, 0.05) is 41.2 Å². The third-order valence-electron chi connectivity index (χ3n) is 5.40. The summed E-state index contributed by atoms with van der Waals surface area (Å²) in [5, 5.41) is 12.5. The standard InChI is InChI=1S/C20H23ClN6/c21-14-7-8-16-15(11-14)19(23-18-12-17(25-26-18)13-5-6-13)24-20(22-16)27-9-3-1-2-4-10-27/h7-8,11-13H,1-6,9-10H2,(H2,22,23,24,25,26). The minimum atomic E-state index is 0.636. The molecule has 27 heavy (non-hydrogen) atoms. The Balaban J connectivity index is 1.53. The van der Waals surface area contributed by atoms with E-state index in [1.54, 1.807) is 0 Å². The molecule has 2 aliphatic rings. The van der Waals surface area contributed by atoms with Gasteiger partial charge in [-0.1, -0.05) is 24.4 Å². The van der Waals surface area contributed by atoms with Gasteiger partial charge in [0.1, 0.15) is 5.82 Å². The number of aromatic amines is 1. The highest BCUT2D eigenvalue weighted by Crippen LogP contribution is 2.40. The van der Waals surface area contributed by atoms with Crippen LogP contribution in [0, 0.1) is 0 Å². The van der Waals surface area contributed by atoms with Crippen molar-refractivity contribution in [3.63, 3.8) is 0 Å². The summed E-state index contributed by atoms with van der Waals surface area (Å²) in [5.41, 5.74) is 2.09. The molecule has 0 bridgehead atoms. The van der Waals surface area contributed by atoms with E-state index >= 15 is 0 Å². The fourth-order valence-corrected chi connectivity index (χ4v) is 3.89. The smallest absolute Gasteiger partial charge is 0.227 e. The van der Waals surface area contributed by atoms with E-state index in [2.05, 4.69) is 26.5 Å². The highest BCUT2D eigenvalue weighted by atomic mass is 35.5. The lowest BCUT2D eigenvalue weighted by Gasteiger charge is -2.21. The fourth-order valence-electron chi connectivity index (χ4n) is 3.72. The summed E-state index contributed by atoms with van der Waals surface area (Å²) in [5.74, 6) is 2.97. The molecule has 0 amide bonds. The van der Waals surface area contributed by atoms with Gasteiger partial charge in [-0.25, -0.2) is 4.98 Å². The highest BCUT2D eigenvalue weighted by Gasteiger charge is 2.25. The van der Waals surface area contributed by atoms with Gasteiger partial charge >= 0.3 is 0 Å². The summed E-state index contributed by atoms with van der Waals surface area (Å²) < 4.78 is 0. The molecule has 0 atom stereocenters. The SMILES string of the molecule is Clc1ccc2nc(N3CCCCCC3)nc(Nc3cc(C4CC4)[nH]n3)c2c1. The van der Waals surface area contributed by atoms with Crippen LogP contribution in [0.3, 0.4) is 0 Å². The lowest BCUT2D eigenvalue weighted by Crippen LogP contribution is -2.26. The van der Waals surface area contributed by atoms with Crippen LogP contribution in [-0.4, -0.2) is 33.3 Å². The van der Waals surface area contributed by atoms with Crippen LogP contribution in [0.4, 0.5) is 17.6 Å². The van der Waals surface area contributed by atoms with Crippen molar-refractivity contribution in [2.75, 3.05) is 23.3 Å². The number of anilines is 3. The Morgan fingerprint density at radius 1 is 1.04 bits per heavy atom. The molecule has 0 unspecified atom stereocenters. The van der Waals surface area contributed by atoms with Crippen molar-refractivity contribution in [2.45, 2.75) is 44.4 Å². The van der Waals surface area contributed by atoms with E-state index in [0.717, 1.165) is 41.6 Å². The first-order valence-electron chi connectivity index (χ1n) is 9.81. The summed E-state index contributed by atoms with van der Waals surface area (Å²) in [6.07, 6.45) is 7.42. The minimum absolute atomic E-state index is 0.636. The Morgan fingerprint density at radius 2 is 1.85 bits per heavy atom. The van der Waals surface area contributed by atoms with Crippen molar-refractivity contribution < 1.29 is 0 Å². The molecule has 1 aliphatic heterocycles. The Kier molecular flexibility index (Phi) is 4.36. The highest BCUT2D eigenvalue weighted by molar-refractivity contribution is 6.31. The van der Waals surface area contributed by atoms with Crippen LogP contribution in [0.15, 0.2) is 24.3 Å². The number of aromatic nitrogens is 4. The average Bonchev–Trinajstić information content (AvgIpc) is 3.47. The number of rotatable bonds is 4. The second-order valence-electron chi connectivity index (χ2n) is 7.54. The lowest BCUT2D eigenvalue weighted by molar-refractivity contribution is 0.726. The van der Waals surface area contributed by atoms with Crippen molar-refractivity contribution in [3.05, 3.63) is 35.0 Å². The number of fused-ring (bicyclic) bond motifs is 1. The maximum absolute atomic E-state index is 6.24. The predicted octanol–water partition coefficient (Wildman–Crippen LogP) is 5.01. The quantitative estimate of drug-likeness (QED) is 0.663. The third-order valence-corrected chi connectivity index (χ3v) is 5.63. The number of halogens is 1. The van der Waals surface area contributed by atoms with Gasteiger partial charge in [-0.3, -0.25) is 5.10 Å². The van der Waals surface area contributed by atoms with Gasteiger partial charge in [0.25, 0.3) is 0 Å². The van der Waals surface area contributed by atoms with Crippen molar-refractivity contribution in [2.24, 2.45) is 0 Å². The normalized spacial score (nSPS) is 17.9. The number of nitrogens with one attached hydrogen (secondary N) is 2. The molecule has 0 spiro atoms. The van der Waals surface area contributed by atoms with Gasteiger partial charge in [0.15, 0.2) is 5.82 Å². The van der Waals surface area contributed by atoms with Crippen LogP contribution in [0.2, 0.25) is 5.02 Å². The monoisotopic (exact) mass is 382 g/mol. The zero-order valence-electron chi connectivity index (χ0n) is 15.2. The molecule has 2 N–H and O–H groups in total. The van der Waals surface area contributed by atoms with E-state index in [1.165, 1.54) is 44.2 Å². The Labute approximate surface area is 163 Å². The van der Waals surface area contributed by atoms with Crippen molar-refractivity contribution in [1.82, 2.24) is 20.2 Å². The summed E-state index contributed by atoms with van der Waals surface area (Å²) >= 11 is 6.24. The average molecular weight is 383 g/mol. The van der Waals surface area contributed by atoms with Gasteiger partial charge in [-0.2, -0.15) is 10.1 Å². The molecular weight excluding hydrogens is 360 g/mol. The first kappa shape index (κ1) is 16.8. The number of benzene rings is 1. The second-order valence-corrected chi connectivity index (χ2v) is 7.98. The maximum Gasteiger partial charge on any atom is 0.227 e. The number of nitrogens with zero attached hydrogens (tertiary/aromatic N) is 4. The van der Waals surface area contributed by atoms with Crippen molar-refractivity contribution in [3.8, 4) is 0 Å². The van der Waals surface area contributed by atoms with E-state index in [1.807, 2.05) is 18.2 Å².